The Balaban J connectivity index is 2.11. The molecule has 0 aliphatic heterocycles. The topological polar surface area (TPSA) is 26.0 Å². The number of aryl methyl sites for hydroxylation is 5. The van der Waals surface area contributed by atoms with Crippen molar-refractivity contribution < 1.29 is 0 Å². The molecule has 2 N–H and O–H groups in total. The minimum atomic E-state index is 0.173. The summed E-state index contributed by atoms with van der Waals surface area (Å²) in [6.07, 6.45) is 1.89. The quantitative estimate of drug-likeness (QED) is 0.886. The van der Waals surface area contributed by atoms with E-state index in [2.05, 4.69) is 65.0 Å². The lowest BCUT2D eigenvalue weighted by Crippen LogP contribution is -2.26. The van der Waals surface area contributed by atoms with E-state index < -0.39 is 0 Å². The summed E-state index contributed by atoms with van der Waals surface area (Å²) in [4.78, 5) is 0. The van der Waals surface area contributed by atoms with Crippen LogP contribution in [0.1, 0.15) is 38.9 Å². The highest BCUT2D eigenvalue weighted by molar-refractivity contribution is 5.38. The van der Waals surface area contributed by atoms with Crippen molar-refractivity contribution in [2.75, 3.05) is 0 Å². The second-order valence-electron chi connectivity index (χ2n) is 6.46. The van der Waals surface area contributed by atoms with Gasteiger partial charge in [-0.15, -0.1) is 0 Å². The van der Waals surface area contributed by atoms with Gasteiger partial charge >= 0.3 is 0 Å². The molecule has 0 spiro atoms. The fourth-order valence-electron chi connectivity index (χ4n) is 3.10. The van der Waals surface area contributed by atoms with Gasteiger partial charge in [-0.2, -0.15) is 0 Å². The monoisotopic (exact) mass is 281 g/mol. The highest BCUT2D eigenvalue weighted by Gasteiger charge is 2.10. The van der Waals surface area contributed by atoms with Gasteiger partial charge in [-0.3, -0.25) is 0 Å². The van der Waals surface area contributed by atoms with Gasteiger partial charge in [0, 0.05) is 6.04 Å². The maximum atomic E-state index is 6.40. The predicted molar refractivity (Wildman–Crippen MR) is 92.0 cm³/mol. The summed E-state index contributed by atoms with van der Waals surface area (Å²) >= 11 is 0. The molecule has 1 unspecified atom stereocenters. The van der Waals surface area contributed by atoms with Crippen molar-refractivity contribution in [1.82, 2.24) is 0 Å². The summed E-state index contributed by atoms with van der Waals surface area (Å²) < 4.78 is 0. The van der Waals surface area contributed by atoms with Crippen LogP contribution in [0.5, 0.6) is 0 Å². The van der Waals surface area contributed by atoms with E-state index in [-0.39, 0.29) is 6.04 Å². The molecule has 2 aromatic rings. The summed E-state index contributed by atoms with van der Waals surface area (Å²) in [6, 6.07) is 11.4. The molecule has 1 heteroatoms. The molecule has 2 rings (SSSR count). The lowest BCUT2D eigenvalue weighted by atomic mass is 9.92. The first kappa shape index (κ1) is 15.8. The van der Waals surface area contributed by atoms with Crippen molar-refractivity contribution in [2.24, 2.45) is 5.73 Å². The SMILES string of the molecule is Cc1cc(C)c(CC(N)Cc2ccc(C)c(C)c2)c(C)c1. The third kappa shape index (κ3) is 3.95. The fraction of sp³-hybridized carbons (Fsp3) is 0.400. The summed E-state index contributed by atoms with van der Waals surface area (Å²) in [7, 11) is 0. The molecule has 0 heterocycles. The van der Waals surface area contributed by atoms with E-state index in [4.69, 9.17) is 5.73 Å². The van der Waals surface area contributed by atoms with E-state index in [1.165, 1.54) is 38.9 Å². The van der Waals surface area contributed by atoms with E-state index >= 15 is 0 Å². The van der Waals surface area contributed by atoms with Crippen LogP contribution in [0.4, 0.5) is 0 Å². The van der Waals surface area contributed by atoms with Gasteiger partial charge in [-0.05, 0) is 80.8 Å². The minimum absolute atomic E-state index is 0.173. The molecule has 1 nitrogen and oxygen atoms in total. The molecule has 0 aromatic heterocycles. The Hall–Kier alpha value is -1.60. The van der Waals surface area contributed by atoms with Crippen LogP contribution < -0.4 is 5.73 Å². The van der Waals surface area contributed by atoms with Crippen LogP contribution in [-0.2, 0) is 12.8 Å². The molecule has 112 valence electrons. The molecule has 0 saturated carbocycles. The minimum Gasteiger partial charge on any atom is -0.327 e. The molecule has 0 radical (unpaired) electrons. The van der Waals surface area contributed by atoms with Crippen LogP contribution >= 0.6 is 0 Å². The average molecular weight is 281 g/mol. The number of nitrogens with two attached hydrogens (primary N) is 1. The molecule has 0 amide bonds. The van der Waals surface area contributed by atoms with Crippen molar-refractivity contribution in [3.8, 4) is 0 Å². The standard InChI is InChI=1S/C20H27N/c1-13-8-16(4)20(17(5)9-13)12-19(21)11-18-7-6-14(2)15(3)10-18/h6-10,19H,11-12,21H2,1-5H3. The Morgan fingerprint density at radius 3 is 1.95 bits per heavy atom. The van der Waals surface area contributed by atoms with Crippen molar-refractivity contribution in [1.29, 1.82) is 0 Å². The van der Waals surface area contributed by atoms with E-state index in [1.807, 2.05) is 0 Å². The molecule has 0 bridgehead atoms. The summed E-state index contributed by atoms with van der Waals surface area (Å²) in [6.45, 7) is 10.9. The zero-order valence-corrected chi connectivity index (χ0v) is 14.0. The first-order valence-electron chi connectivity index (χ1n) is 7.75. The third-order valence-electron chi connectivity index (χ3n) is 4.38. The van der Waals surface area contributed by atoms with Crippen molar-refractivity contribution >= 4 is 0 Å². The molecule has 1 atom stereocenters. The van der Waals surface area contributed by atoms with Crippen LogP contribution in [0.25, 0.3) is 0 Å². The van der Waals surface area contributed by atoms with Gasteiger partial charge in [-0.25, -0.2) is 0 Å². The Kier molecular flexibility index (Phi) is 4.84. The lowest BCUT2D eigenvalue weighted by Gasteiger charge is -2.17. The molecule has 2 aromatic carbocycles. The van der Waals surface area contributed by atoms with Crippen LogP contribution in [0.2, 0.25) is 0 Å². The van der Waals surface area contributed by atoms with Crippen LogP contribution in [0, 0.1) is 34.6 Å². The van der Waals surface area contributed by atoms with Gasteiger partial charge in [0.25, 0.3) is 0 Å². The molecule has 0 saturated heterocycles. The Morgan fingerprint density at radius 1 is 0.762 bits per heavy atom. The number of hydrogen-bond acceptors (Lipinski definition) is 1. The van der Waals surface area contributed by atoms with Gasteiger partial charge in [0.05, 0.1) is 0 Å². The maximum absolute atomic E-state index is 6.40. The van der Waals surface area contributed by atoms with Gasteiger partial charge < -0.3 is 5.73 Å². The van der Waals surface area contributed by atoms with E-state index in [9.17, 15) is 0 Å². The number of rotatable bonds is 4. The Morgan fingerprint density at radius 2 is 1.38 bits per heavy atom. The largest absolute Gasteiger partial charge is 0.327 e. The molecule has 0 aliphatic carbocycles. The lowest BCUT2D eigenvalue weighted by molar-refractivity contribution is 0.660. The smallest absolute Gasteiger partial charge is 0.0120 e. The van der Waals surface area contributed by atoms with Crippen LogP contribution in [-0.4, -0.2) is 6.04 Å². The maximum Gasteiger partial charge on any atom is 0.0120 e. The highest BCUT2D eigenvalue weighted by atomic mass is 14.6. The number of hydrogen-bond donors (Lipinski definition) is 1. The highest BCUT2D eigenvalue weighted by Crippen LogP contribution is 2.19. The Labute approximate surface area is 129 Å². The Bertz CT molecular complexity index is 617. The van der Waals surface area contributed by atoms with E-state index in [1.54, 1.807) is 0 Å². The normalized spacial score (nSPS) is 12.5. The van der Waals surface area contributed by atoms with Crippen molar-refractivity contribution in [3.05, 3.63) is 69.3 Å². The van der Waals surface area contributed by atoms with Gasteiger partial charge in [0.15, 0.2) is 0 Å². The molecular weight excluding hydrogens is 254 g/mol. The summed E-state index contributed by atoms with van der Waals surface area (Å²) in [5.41, 5.74) is 15.9. The molecular formula is C20H27N. The number of benzene rings is 2. The molecule has 21 heavy (non-hydrogen) atoms. The first-order valence-corrected chi connectivity index (χ1v) is 7.75. The summed E-state index contributed by atoms with van der Waals surface area (Å²) in [5.74, 6) is 0. The van der Waals surface area contributed by atoms with Crippen LogP contribution in [0.3, 0.4) is 0 Å². The second-order valence-corrected chi connectivity index (χ2v) is 6.46. The second kappa shape index (κ2) is 6.44. The third-order valence-corrected chi connectivity index (χ3v) is 4.38. The predicted octanol–water partition coefficient (Wildman–Crippen LogP) is 4.34. The zero-order chi connectivity index (χ0) is 15.6. The van der Waals surface area contributed by atoms with E-state index in [0.29, 0.717) is 0 Å². The van der Waals surface area contributed by atoms with Gasteiger partial charge in [0.1, 0.15) is 0 Å². The zero-order valence-electron chi connectivity index (χ0n) is 14.0. The molecule has 0 fully saturated rings. The first-order chi connectivity index (χ1) is 9.86. The molecule has 0 aliphatic rings. The van der Waals surface area contributed by atoms with Gasteiger partial charge in [-0.1, -0.05) is 35.9 Å². The van der Waals surface area contributed by atoms with Crippen LogP contribution in [0.15, 0.2) is 30.3 Å². The van der Waals surface area contributed by atoms with Crippen molar-refractivity contribution in [3.63, 3.8) is 0 Å². The average Bonchev–Trinajstić information content (AvgIpc) is 2.38. The fourth-order valence-corrected chi connectivity index (χ4v) is 3.10. The van der Waals surface area contributed by atoms with E-state index in [0.717, 1.165) is 12.8 Å². The summed E-state index contributed by atoms with van der Waals surface area (Å²) in [5, 5.41) is 0. The van der Waals surface area contributed by atoms with Crippen molar-refractivity contribution in [2.45, 2.75) is 53.5 Å². The van der Waals surface area contributed by atoms with Gasteiger partial charge in [0.2, 0.25) is 0 Å².